The Bertz CT molecular complexity index is 901. The summed E-state index contributed by atoms with van der Waals surface area (Å²) >= 11 is 1.72. The third-order valence-electron chi connectivity index (χ3n) is 3.45. The lowest BCUT2D eigenvalue weighted by molar-refractivity contribution is 1.20. The van der Waals surface area contributed by atoms with Crippen LogP contribution in [0.25, 0.3) is 22.3 Å². The predicted octanol–water partition coefficient (Wildman–Crippen LogP) is 4.78. The summed E-state index contributed by atoms with van der Waals surface area (Å²) in [7, 11) is 0. The Balaban J connectivity index is 1.87. The zero-order valence-electron chi connectivity index (χ0n) is 11.7. The van der Waals surface area contributed by atoms with Crippen molar-refractivity contribution in [3.8, 4) is 11.3 Å². The van der Waals surface area contributed by atoms with Crippen LogP contribution in [0, 0.1) is 0 Å². The maximum atomic E-state index is 4.51. The highest BCUT2D eigenvalue weighted by Crippen LogP contribution is 2.37. The van der Waals surface area contributed by atoms with Crippen molar-refractivity contribution in [3.05, 3.63) is 73.2 Å². The molecule has 0 atom stereocenters. The lowest BCUT2D eigenvalue weighted by Crippen LogP contribution is -1.87. The normalized spacial score (nSPS) is 10.9. The van der Waals surface area contributed by atoms with Crippen LogP contribution in [0.15, 0.2) is 83.0 Å². The van der Waals surface area contributed by atoms with Gasteiger partial charge in [-0.2, -0.15) is 0 Å². The van der Waals surface area contributed by atoms with Crippen molar-refractivity contribution < 1.29 is 0 Å². The Morgan fingerprint density at radius 2 is 1.55 bits per heavy atom. The van der Waals surface area contributed by atoms with E-state index in [1.54, 1.807) is 18.1 Å². The SMILES string of the molecule is c1ccc(Sc2c[nH]c3ncnc(-c4ccccc4)c23)cc1. The molecule has 2 aromatic carbocycles. The molecule has 1 N–H and O–H groups in total. The van der Waals surface area contributed by atoms with E-state index in [0.29, 0.717) is 0 Å². The van der Waals surface area contributed by atoms with Gasteiger partial charge in [-0.15, -0.1) is 0 Å². The Morgan fingerprint density at radius 3 is 2.32 bits per heavy atom. The van der Waals surface area contributed by atoms with Crippen LogP contribution in [0.4, 0.5) is 0 Å². The molecule has 0 fully saturated rings. The van der Waals surface area contributed by atoms with Gasteiger partial charge in [-0.25, -0.2) is 9.97 Å². The second-order valence-corrected chi connectivity index (χ2v) is 6.00. The molecule has 2 aromatic heterocycles. The number of nitrogens with one attached hydrogen (secondary N) is 1. The standard InChI is InChI=1S/C18H13N3S/c1-3-7-13(8-4-1)17-16-15(11-19-18(16)21-12-20-17)22-14-9-5-2-6-10-14/h1-12H,(H,19,20,21). The van der Waals surface area contributed by atoms with E-state index in [1.807, 2.05) is 42.6 Å². The molecule has 106 valence electrons. The van der Waals surface area contributed by atoms with Crippen molar-refractivity contribution in [2.75, 3.05) is 0 Å². The van der Waals surface area contributed by atoms with Gasteiger partial charge in [0.25, 0.3) is 0 Å². The van der Waals surface area contributed by atoms with E-state index in [9.17, 15) is 0 Å². The quantitative estimate of drug-likeness (QED) is 0.592. The van der Waals surface area contributed by atoms with Gasteiger partial charge < -0.3 is 4.98 Å². The van der Waals surface area contributed by atoms with Crippen LogP contribution in [0.1, 0.15) is 0 Å². The number of hydrogen-bond donors (Lipinski definition) is 1. The molecule has 0 radical (unpaired) electrons. The van der Waals surface area contributed by atoms with Crippen LogP contribution in [-0.4, -0.2) is 15.0 Å². The molecule has 0 aliphatic carbocycles. The third kappa shape index (κ3) is 2.38. The number of nitrogens with zero attached hydrogens (tertiary/aromatic N) is 2. The molecule has 0 aliphatic heterocycles. The van der Waals surface area contributed by atoms with Gasteiger partial charge in [0.15, 0.2) is 0 Å². The minimum Gasteiger partial charge on any atom is -0.345 e. The van der Waals surface area contributed by atoms with Gasteiger partial charge in [0.05, 0.1) is 11.1 Å². The van der Waals surface area contributed by atoms with Crippen LogP contribution in [-0.2, 0) is 0 Å². The van der Waals surface area contributed by atoms with Crippen molar-refractivity contribution in [1.29, 1.82) is 0 Å². The molecule has 0 aliphatic rings. The number of H-pyrrole nitrogens is 1. The smallest absolute Gasteiger partial charge is 0.142 e. The number of aromatic nitrogens is 3. The van der Waals surface area contributed by atoms with E-state index >= 15 is 0 Å². The Morgan fingerprint density at radius 1 is 0.818 bits per heavy atom. The second-order valence-electron chi connectivity index (χ2n) is 4.88. The highest BCUT2D eigenvalue weighted by molar-refractivity contribution is 7.99. The number of fused-ring (bicyclic) bond motifs is 1. The van der Waals surface area contributed by atoms with Gasteiger partial charge in [-0.1, -0.05) is 60.3 Å². The Hall–Kier alpha value is -2.59. The molecule has 2 heterocycles. The summed E-state index contributed by atoms with van der Waals surface area (Å²) in [4.78, 5) is 14.4. The molecule has 3 nitrogen and oxygen atoms in total. The number of benzene rings is 2. The first-order valence-corrected chi connectivity index (χ1v) is 7.84. The average Bonchev–Trinajstić information content (AvgIpc) is 3.00. The van der Waals surface area contributed by atoms with E-state index in [1.165, 1.54) is 4.90 Å². The van der Waals surface area contributed by atoms with Gasteiger partial charge in [0.2, 0.25) is 0 Å². The molecule has 4 heteroatoms. The monoisotopic (exact) mass is 303 g/mol. The minimum absolute atomic E-state index is 0.868. The van der Waals surface area contributed by atoms with E-state index in [2.05, 4.69) is 39.2 Å². The zero-order valence-corrected chi connectivity index (χ0v) is 12.5. The first-order chi connectivity index (χ1) is 10.9. The van der Waals surface area contributed by atoms with Gasteiger partial charge in [0.1, 0.15) is 12.0 Å². The largest absolute Gasteiger partial charge is 0.345 e. The molecule has 0 amide bonds. The van der Waals surface area contributed by atoms with Gasteiger partial charge in [-0.05, 0) is 12.1 Å². The number of hydrogen-bond acceptors (Lipinski definition) is 3. The third-order valence-corrected chi connectivity index (χ3v) is 4.50. The topological polar surface area (TPSA) is 41.6 Å². The lowest BCUT2D eigenvalue weighted by atomic mass is 10.1. The van der Waals surface area contributed by atoms with Crippen LogP contribution in [0.5, 0.6) is 0 Å². The van der Waals surface area contributed by atoms with E-state index in [0.717, 1.165) is 27.2 Å². The van der Waals surface area contributed by atoms with E-state index in [4.69, 9.17) is 0 Å². The zero-order chi connectivity index (χ0) is 14.8. The average molecular weight is 303 g/mol. The number of rotatable bonds is 3. The lowest BCUT2D eigenvalue weighted by Gasteiger charge is -2.05. The highest BCUT2D eigenvalue weighted by Gasteiger charge is 2.13. The van der Waals surface area contributed by atoms with Gasteiger partial charge in [-0.3, -0.25) is 0 Å². The molecule has 0 saturated heterocycles. The molecule has 4 rings (SSSR count). The van der Waals surface area contributed by atoms with Crippen LogP contribution in [0.3, 0.4) is 0 Å². The molecule has 0 spiro atoms. The summed E-state index contributed by atoms with van der Waals surface area (Å²) in [6, 6.07) is 20.6. The van der Waals surface area contributed by atoms with E-state index < -0.39 is 0 Å². The minimum atomic E-state index is 0.868. The summed E-state index contributed by atoms with van der Waals surface area (Å²) < 4.78 is 0. The number of aromatic amines is 1. The summed E-state index contributed by atoms with van der Waals surface area (Å²) in [5.41, 5.74) is 2.93. The van der Waals surface area contributed by atoms with Crippen molar-refractivity contribution in [1.82, 2.24) is 15.0 Å². The summed E-state index contributed by atoms with van der Waals surface area (Å²) in [6.07, 6.45) is 3.61. The van der Waals surface area contributed by atoms with Crippen LogP contribution in [0.2, 0.25) is 0 Å². The van der Waals surface area contributed by atoms with E-state index in [-0.39, 0.29) is 0 Å². The van der Waals surface area contributed by atoms with Gasteiger partial charge >= 0.3 is 0 Å². The second kappa shape index (κ2) is 5.66. The molecule has 22 heavy (non-hydrogen) atoms. The molecule has 0 unspecified atom stereocenters. The summed E-state index contributed by atoms with van der Waals surface area (Å²) in [5, 5.41) is 1.07. The summed E-state index contributed by atoms with van der Waals surface area (Å²) in [5.74, 6) is 0. The fraction of sp³-hybridized carbons (Fsp3) is 0. The van der Waals surface area contributed by atoms with Crippen molar-refractivity contribution in [2.45, 2.75) is 9.79 Å². The maximum absolute atomic E-state index is 4.51. The first kappa shape index (κ1) is 13.1. The predicted molar refractivity (Wildman–Crippen MR) is 89.9 cm³/mol. The van der Waals surface area contributed by atoms with Gasteiger partial charge in [0, 0.05) is 21.6 Å². The molecule has 4 aromatic rings. The molecular formula is C18H13N3S. The molecular weight excluding hydrogens is 290 g/mol. The van der Waals surface area contributed by atoms with Crippen molar-refractivity contribution in [2.24, 2.45) is 0 Å². The van der Waals surface area contributed by atoms with Crippen LogP contribution >= 0.6 is 11.8 Å². The first-order valence-electron chi connectivity index (χ1n) is 7.02. The maximum Gasteiger partial charge on any atom is 0.142 e. The Labute approximate surface area is 132 Å². The Kier molecular flexibility index (Phi) is 3.37. The molecule has 0 bridgehead atoms. The fourth-order valence-electron chi connectivity index (χ4n) is 2.45. The fourth-order valence-corrected chi connectivity index (χ4v) is 3.41. The summed E-state index contributed by atoms with van der Waals surface area (Å²) in [6.45, 7) is 0. The van der Waals surface area contributed by atoms with Crippen molar-refractivity contribution >= 4 is 22.8 Å². The van der Waals surface area contributed by atoms with Crippen LogP contribution < -0.4 is 0 Å². The molecule has 0 saturated carbocycles. The highest BCUT2D eigenvalue weighted by atomic mass is 32.2. The van der Waals surface area contributed by atoms with Crippen molar-refractivity contribution in [3.63, 3.8) is 0 Å².